The van der Waals surface area contributed by atoms with Gasteiger partial charge in [-0.25, -0.2) is 0 Å². The Morgan fingerprint density at radius 1 is 1.67 bits per heavy atom. The van der Waals surface area contributed by atoms with Crippen molar-refractivity contribution < 1.29 is 0 Å². The van der Waals surface area contributed by atoms with Gasteiger partial charge in [0.2, 0.25) is 0 Å². The molecule has 1 aromatic rings. The van der Waals surface area contributed by atoms with Gasteiger partial charge in [-0.15, -0.1) is 0 Å². The highest BCUT2D eigenvalue weighted by Crippen LogP contribution is 2.03. The van der Waals surface area contributed by atoms with Gasteiger partial charge < -0.3 is 5.73 Å². The Morgan fingerprint density at radius 2 is 2.42 bits per heavy atom. The first-order valence-corrected chi connectivity index (χ1v) is 3.96. The molecule has 0 atom stereocenters. The Kier molecular flexibility index (Phi) is 2.80. The summed E-state index contributed by atoms with van der Waals surface area (Å²) in [5.41, 5.74) is 7.77. The van der Waals surface area contributed by atoms with Crippen molar-refractivity contribution in [1.82, 2.24) is 4.98 Å². The second kappa shape index (κ2) is 3.85. The average Bonchev–Trinajstić information content (AvgIpc) is 2.05. The third-order valence-electron chi connectivity index (χ3n) is 1.62. The van der Waals surface area contributed by atoms with Crippen molar-refractivity contribution in [3.8, 4) is 0 Å². The molecule has 12 heavy (non-hydrogen) atoms. The fraction of sp³-hybridized carbons (Fsp3) is 0.333. The standard InChI is InChI=1S/C9H13N3/c1-3-12-9(10)8-4-5-11-6-7(8)2/h4-6H,3H2,1-2H3,(H2,10,12). The van der Waals surface area contributed by atoms with Gasteiger partial charge in [-0.2, -0.15) is 0 Å². The van der Waals surface area contributed by atoms with Crippen molar-refractivity contribution in [2.45, 2.75) is 13.8 Å². The van der Waals surface area contributed by atoms with Gasteiger partial charge >= 0.3 is 0 Å². The van der Waals surface area contributed by atoms with Gasteiger partial charge in [0, 0.05) is 24.5 Å². The van der Waals surface area contributed by atoms with Crippen molar-refractivity contribution in [2.24, 2.45) is 10.7 Å². The number of hydrogen-bond acceptors (Lipinski definition) is 2. The highest BCUT2D eigenvalue weighted by molar-refractivity contribution is 5.98. The molecule has 0 radical (unpaired) electrons. The minimum Gasteiger partial charge on any atom is -0.383 e. The van der Waals surface area contributed by atoms with Crippen LogP contribution in [0.1, 0.15) is 18.1 Å². The van der Waals surface area contributed by atoms with Gasteiger partial charge in [-0.3, -0.25) is 9.98 Å². The molecule has 0 aromatic carbocycles. The summed E-state index contributed by atoms with van der Waals surface area (Å²) in [5.74, 6) is 0.595. The Bertz CT molecular complexity index is 292. The van der Waals surface area contributed by atoms with Gasteiger partial charge in [-0.1, -0.05) is 0 Å². The van der Waals surface area contributed by atoms with Crippen LogP contribution in [0.3, 0.4) is 0 Å². The van der Waals surface area contributed by atoms with E-state index in [1.807, 2.05) is 19.9 Å². The smallest absolute Gasteiger partial charge is 0.125 e. The van der Waals surface area contributed by atoms with E-state index in [0.29, 0.717) is 12.4 Å². The summed E-state index contributed by atoms with van der Waals surface area (Å²) in [6.07, 6.45) is 3.51. The summed E-state index contributed by atoms with van der Waals surface area (Å²) in [4.78, 5) is 8.10. The zero-order chi connectivity index (χ0) is 8.97. The first kappa shape index (κ1) is 8.71. The number of hydrogen-bond donors (Lipinski definition) is 1. The van der Waals surface area contributed by atoms with Gasteiger partial charge in [0.1, 0.15) is 5.84 Å². The average molecular weight is 163 g/mol. The van der Waals surface area contributed by atoms with Crippen LogP contribution in [-0.4, -0.2) is 17.4 Å². The molecule has 0 amide bonds. The molecule has 0 fully saturated rings. The Hall–Kier alpha value is -1.38. The van der Waals surface area contributed by atoms with E-state index in [9.17, 15) is 0 Å². The van der Waals surface area contributed by atoms with E-state index >= 15 is 0 Å². The second-order valence-corrected chi connectivity index (χ2v) is 2.55. The minimum atomic E-state index is 0.595. The van der Waals surface area contributed by atoms with Crippen LogP contribution in [0.2, 0.25) is 0 Å². The lowest BCUT2D eigenvalue weighted by Crippen LogP contribution is -2.15. The molecule has 1 rings (SSSR count). The molecule has 1 aromatic heterocycles. The van der Waals surface area contributed by atoms with Crippen LogP contribution in [0, 0.1) is 6.92 Å². The molecule has 1 heterocycles. The maximum absolute atomic E-state index is 5.73. The first-order chi connectivity index (χ1) is 5.75. The maximum Gasteiger partial charge on any atom is 0.125 e. The third-order valence-corrected chi connectivity index (χ3v) is 1.62. The molecule has 0 aliphatic carbocycles. The van der Waals surface area contributed by atoms with E-state index in [-0.39, 0.29) is 0 Å². The zero-order valence-corrected chi connectivity index (χ0v) is 7.41. The predicted octanol–water partition coefficient (Wildman–Crippen LogP) is 1.12. The summed E-state index contributed by atoms with van der Waals surface area (Å²) >= 11 is 0. The maximum atomic E-state index is 5.73. The van der Waals surface area contributed by atoms with Crippen LogP contribution >= 0.6 is 0 Å². The number of aryl methyl sites for hydroxylation is 1. The van der Waals surface area contributed by atoms with E-state index < -0.39 is 0 Å². The molecular weight excluding hydrogens is 150 g/mol. The van der Waals surface area contributed by atoms with E-state index in [0.717, 1.165) is 11.1 Å². The molecule has 0 aliphatic rings. The van der Waals surface area contributed by atoms with E-state index in [4.69, 9.17) is 5.73 Å². The molecule has 64 valence electrons. The van der Waals surface area contributed by atoms with Crippen molar-refractivity contribution in [2.75, 3.05) is 6.54 Å². The Morgan fingerprint density at radius 3 is 3.00 bits per heavy atom. The molecule has 0 spiro atoms. The fourth-order valence-corrected chi connectivity index (χ4v) is 1.02. The van der Waals surface area contributed by atoms with Crippen LogP contribution < -0.4 is 5.73 Å². The Labute approximate surface area is 72.3 Å². The summed E-state index contributed by atoms with van der Waals surface area (Å²) in [6.45, 7) is 4.65. The molecule has 0 saturated carbocycles. The lowest BCUT2D eigenvalue weighted by molar-refractivity contribution is 1.12. The third kappa shape index (κ3) is 1.81. The summed E-state index contributed by atoms with van der Waals surface area (Å²) < 4.78 is 0. The summed E-state index contributed by atoms with van der Waals surface area (Å²) in [6, 6.07) is 1.88. The molecule has 0 saturated heterocycles. The predicted molar refractivity (Wildman–Crippen MR) is 50.2 cm³/mol. The topological polar surface area (TPSA) is 51.3 Å². The Balaban J connectivity index is 3.02. The molecule has 3 heteroatoms. The molecule has 3 nitrogen and oxygen atoms in total. The number of aliphatic imine (C=N–C) groups is 1. The molecule has 0 unspecified atom stereocenters. The normalized spacial score (nSPS) is 11.7. The van der Waals surface area contributed by atoms with E-state index in [2.05, 4.69) is 9.98 Å². The number of nitrogens with zero attached hydrogens (tertiary/aromatic N) is 2. The van der Waals surface area contributed by atoms with E-state index in [1.165, 1.54) is 0 Å². The number of pyridine rings is 1. The number of amidine groups is 1. The molecule has 0 bridgehead atoms. The number of aromatic nitrogens is 1. The van der Waals surface area contributed by atoms with Crippen LogP contribution in [0.25, 0.3) is 0 Å². The highest BCUT2D eigenvalue weighted by Gasteiger charge is 2.00. The molecular formula is C9H13N3. The van der Waals surface area contributed by atoms with Gasteiger partial charge in [0.15, 0.2) is 0 Å². The van der Waals surface area contributed by atoms with Crippen molar-refractivity contribution in [1.29, 1.82) is 0 Å². The van der Waals surface area contributed by atoms with Crippen LogP contribution in [-0.2, 0) is 0 Å². The molecule has 2 N–H and O–H groups in total. The monoisotopic (exact) mass is 163 g/mol. The van der Waals surface area contributed by atoms with Crippen molar-refractivity contribution in [3.63, 3.8) is 0 Å². The van der Waals surface area contributed by atoms with Crippen molar-refractivity contribution >= 4 is 5.84 Å². The first-order valence-electron chi connectivity index (χ1n) is 3.96. The quantitative estimate of drug-likeness (QED) is 0.524. The lowest BCUT2D eigenvalue weighted by atomic mass is 10.1. The molecule has 0 aliphatic heterocycles. The summed E-state index contributed by atoms with van der Waals surface area (Å²) in [7, 11) is 0. The zero-order valence-electron chi connectivity index (χ0n) is 7.41. The van der Waals surface area contributed by atoms with Crippen LogP contribution in [0.4, 0.5) is 0 Å². The summed E-state index contributed by atoms with van der Waals surface area (Å²) in [5, 5.41) is 0. The fourth-order valence-electron chi connectivity index (χ4n) is 1.02. The van der Waals surface area contributed by atoms with Gasteiger partial charge in [0.05, 0.1) is 0 Å². The van der Waals surface area contributed by atoms with Gasteiger partial charge in [0.25, 0.3) is 0 Å². The minimum absolute atomic E-state index is 0.595. The lowest BCUT2D eigenvalue weighted by Gasteiger charge is -2.02. The number of nitrogens with two attached hydrogens (primary N) is 1. The van der Waals surface area contributed by atoms with Gasteiger partial charge in [-0.05, 0) is 25.5 Å². The van der Waals surface area contributed by atoms with Crippen LogP contribution in [0.15, 0.2) is 23.5 Å². The van der Waals surface area contributed by atoms with Crippen LogP contribution in [0.5, 0.6) is 0 Å². The largest absolute Gasteiger partial charge is 0.383 e. The SMILES string of the molecule is CCN=C(N)c1ccncc1C. The number of rotatable bonds is 2. The van der Waals surface area contributed by atoms with Crippen molar-refractivity contribution in [3.05, 3.63) is 29.6 Å². The van der Waals surface area contributed by atoms with E-state index in [1.54, 1.807) is 12.4 Å². The second-order valence-electron chi connectivity index (χ2n) is 2.55. The highest BCUT2D eigenvalue weighted by atomic mass is 14.8.